The van der Waals surface area contributed by atoms with Crippen LogP contribution in [0.2, 0.25) is 0 Å². The van der Waals surface area contributed by atoms with E-state index in [1.165, 1.54) is 11.1 Å². The topological polar surface area (TPSA) is 0 Å². The van der Waals surface area contributed by atoms with Crippen LogP contribution < -0.4 is 28.4 Å². The Hall–Kier alpha value is 1.07. The van der Waals surface area contributed by atoms with Crippen LogP contribution >= 0.6 is 8.19 Å². The molecular weight excluding hydrogens is 222 g/mol. The molecule has 55 valence electrons. The summed E-state index contributed by atoms with van der Waals surface area (Å²) in [6.07, 6.45) is 0. The van der Waals surface area contributed by atoms with Gasteiger partial charge in [0.1, 0.15) is 0 Å². The molecule has 1 atom stereocenters. The molecule has 0 amide bonds. The molecule has 1 aromatic rings. The van der Waals surface area contributed by atoms with Gasteiger partial charge in [-0.05, 0) is 0 Å². The number of halogens is 2. The minimum atomic E-state index is 0. The molecule has 0 spiro atoms. The van der Waals surface area contributed by atoms with Crippen molar-refractivity contribution in [3.63, 3.8) is 0 Å². The zero-order valence-corrected chi connectivity index (χ0v) is 9.91. The van der Waals surface area contributed by atoms with E-state index < -0.39 is 0 Å². The van der Waals surface area contributed by atoms with E-state index in [0.29, 0.717) is 0 Å². The van der Waals surface area contributed by atoms with Crippen LogP contribution in [0, 0.1) is 13.8 Å². The summed E-state index contributed by atoms with van der Waals surface area (Å²) >= 11 is 2.21. The second-order valence-electron chi connectivity index (χ2n) is 1.97. The standard InChI is InChI=1S/C6H8P.2ClH.Ti/c1-5-3-7-4-6(5)2;;;/h3,7H,1-2H3;2*1H;/q;;;+2/p-2. The summed E-state index contributed by atoms with van der Waals surface area (Å²) < 4.78 is 1.56. The number of rotatable bonds is 0. The van der Waals surface area contributed by atoms with E-state index in [4.69, 9.17) is 0 Å². The van der Waals surface area contributed by atoms with Crippen LogP contribution in [0.25, 0.3) is 0 Å². The van der Waals surface area contributed by atoms with Crippen molar-refractivity contribution in [1.82, 2.24) is 0 Å². The average Bonchev–Trinajstić information content (AvgIpc) is 1.98. The first-order chi connectivity index (χ1) is 3.72. The third-order valence-electron chi connectivity index (χ3n) is 1.40. The molecule has 0 N–H and O–H groups in total. The molecule has 0 saturated heterocycles. The molecule has 0 aromatic carbocycles. The second kappa shape index (κ2) is 5.69. The minimum absolute atomic E-state index is 0. The van der Waals surface area contributed by atoms with Crippen molar-refractivity contribution in [3.05, 3.63) is 16.9 Å². The van der Waals surface area contributed by atoms with Crippen molar-refractivity contribution < 1.29 is 45.2 Å². The quantitative estimate of drug-likeness (QED) is 0.394. The van der Waals surface area contributed by atoms with Crippen molar-refractivity contribution in [3.8, 4) is 0 Å². The molecule has 0 radical (unpaired) electrons. The first-order valence-electron chi connectivity index (χ1n) is 2.58. The molecule has 1 rings (SSSR count). The third-order valence-corrected chi connectivity index (χ3v) is 3.90. The average molecular weight is 230 g/mol. The summed E-state index contributed by atoms with van der Waals surface area (Å²) in [7, 11) is 0.961. The summed E-state index contributed by atoms with van der Waals surface area (Å²) in [5.74, 6) is 2.31. The molecule has 0 fully saturated rings. The Morgan fingerprint density at radius 1 is 1.30 bits per heavy atom. The second-order valence-corrected chi connectivity index (χ2v) is 4.61. The van der Waals surface area contributed by atoms with Gasteiger partial charge in [0.15, 0.2) is 0 Å². The van der Waals surface area contributed by atoms with Gasteiger partial charge in [0.05, 0.1) is 0 Å². The first kappa shape index (κ1) is 13.6. The first-order valence-corrected chi connectivity index (χ1v) is 4.44. The van der Waals surface area contributed by atoms with Crippen LogP contribution in [-0.2, 0) is 20.4 Å². The maximum absolute atomic E-state index is 2.31. The molecule has 1 unspecified atom stereocenters. The molecular formula is C6H8Cl2PTi. The summed E-state index contributed by atoms with van der Waals surface area (Å²) in [5, 5.41) is 0. The van der Waals surface area contributed by atoms with Gasteiger partial charge in [-0.25, -0.2) is 0 Å². The predicted molar refractivity (Wildman–Crippen MR) is 35.1 cm³/mol. The van der Waals surface area contributed by atoms with Gasteiger partial charge in [0.2, 0.25) is 0 Å². The minimum Gasteiger partial charge on any atom is -1.00 e. The van der Waals surface area contributed by atoms with Gasteiger partial charge in [-0.3, -0.25) is 0 Å². The predicted octanol–water partition coefficient (Wildman–Crippen LogP) is -4.49. The molecule has 10 heavy (non-hydrogen) atoms. The Morgan fingerprint density at radius 2 is 1.80 bits per heavy atom. The monoisotopic (exact) mass is 229 g/mol. The van der Waals surface area contributed by atoms with Crippen molar-refractivity contribution in [1.29, 1.82) is 0 Å². The molecule has 4 heteroatoms. The summed E-state index contributed by atoms with van der Waals surface area (Å²) in [6.45, 7) is 4.38. The van der Waals surface area contributed by atoms with E-state index in [-0.39, 0.29) is 24.8 Å². The van der Waals surface area contributed by atoms with Crippen LogP contribution in [0.5, 0.6) is 0 Å². The normalized spacial score (nSPS) is 8.80. The van der Waals surface area contributed by atoms with E-state index in [2.05, 4.69) is 40.1 Å². The Labute approximate surface area is 87.5 Å². The van der Waals surface area contributed by atoms with Crippen molar-refractivity contribution in [2.24, 2.45) is 0 Å². The van der Waals surface area contributed by atoms with Gasteiger partial charge in [0.25, 0.3) is 0 Å². The fourth-order valence-electron chi connectivity index (χ4n) is 0.594. The van der Waals surface area contributed by atoms with E-state index in [1.54, 1.807) is 3.60 Å². The fraction of sp³-hybridized carbons (Fsp3) is 0.333. The summed E-state index contributed by atoms with van der Waals surface area (Å²) in [6, 6.07) is 0. The van der Waals surface area contributed by atoms with Gasteiger partial charge in [-0.1, -0.05) is 0 Å². The van der Waals surface area contributed by atoms with Crippen LogP contribution in [0.3, 0.4) is 0 Å². The summed E-state index contributed by atoms with van der Waals surface area (Å²) in [5.41, 5.74) is 2.98. The fourth-order valence-corrected chi connectivity index (χ4v) is 2.23. The van der Waals surface area contributed by atoms with Gasteiger partial charge in [-0.2, -0.15) is 0 Å². The van der Waals surface area contributed by atoms with Crippen LogP contribution in [0.4, 0.5) is 0 Å². The number of hydrogen-bond acceptors (Lipinski definition) is 0. The number of aryl methyl sites for hydroxylation is 1. The molecule has 0 aliphatic heterocycles. The largest absolute Gasteiger partial charge is 1.00 e. The zero-order chi connectivity index (χ0) is 6.15. The van der Waals surface area contributed by atoms with Gasteiger partial charge < -0.3 is 24.8 Å². The SMILES string of the molecule is Cc1c[pH][c]([Ti+2])c1C.[Cl-].[Cl-]. The molecule has 0 nitrogen and oxygen atoms in total. The Bertz CT molecular complexity index is 178. The van der Waals surface area contributed by atoms with Gasteiger partial charge in [0, 0.05) is 0 Å². The van der Waals surface area contributed by atoms with Crippen molar-refractivity contribution in [2.75, 3.05) is 0 Å². The Morgan fingerprint density at radius 3 is 1.90 bits per heavy atom. The maximum atomic E-state index is 2.31. The zero-order valence-electron chi connectivity index (χ0n) is 5.83. The molecule has 0 saturated carbocycles. The van der Waals surface area contributed by atoms with E-state index in [9.17, 15) is 0 Å². The molecule has 0 bridgehead atoms. The smallest absolute Gasteiger partial charge is 1.00 e. The summed E-state index contributed by atoms with van der Waals surface area (Å²) in [4.78, 5) is 0. The number of hydrogen-bond donors (Lipinski definition) is 0. The van der Waals surface area contributed by atoms with Crippen LogP contribution in [0.15, 0.2) is 5.80 Å². The van der Waals surface area contributed by atoms with E-state index in [1.807, 2.05) is 0 Å². The van der Waals surface area contributed by atoms with E-state index in [0.717, 1.165) is 8.19 Å². The third kappa shape index (κ3) is 2.99. The van der Waals surface area contributed by atoms with E-state index >= 15 is 0 Å². The van der Waals surface area contributed by atoms with Crippen molar-refractivity contribution >= 4 is 11.8 Å². The molecule has 1 aromatic heterocycles. The van der Waals surface area contributed by atoms with Crippen molar-refractivity contribution in [2.45, 2.75) is 13.8 Å². The van der Waals surface area contributed by atoms with Gasteiger partial charge >= 0.3 is 63.0 Å². The molecule has 0 aliphatic carbocycles. The Kier molecular flexibility index (Phi) is 7.77. The Balaban J connectivity index is 0. The molecule has 1 heterocycles. The van der Waals surface area contributed by atoms with Crippen LogP contribution in [-0.4, -0.2) is 0 Å². The molecule has 0 aliphatic rings. The maximum Gasteiger partial charge on any atom is -1.00 e. The van der Waals surface area contributed by atoms with Crippen LogP contribution in [0.1, 0.15) is 11.1 Å². The van der Waals surface area contributed by atoms with Gasteiger partial charge in [-0.15, -0.1) is 0 Å².